The fraction of sp³-hybridized carbons (Fsp3) is 0.562. The van der Waals surface area contributed by atoms with Gasteiger partial charge in [-0.25, -0.2) is 0 Å². The minimum Gasteiger partial charge on any atom is -0.480 e. The van der Waals surface area contributed by atoms with Crippen LogP contribution in [0.25, 0.3) is 0 Å². The van der Waals surface area contributed by atoms with Gasteiger partial charge in [0.1, 0.15) is 5.75 Å². The topological polar surface area (TPSA) is 41.6 Å². The standard InChI is InChI=1S/C16H24N2O2/c1-4-13(17-5-2)12-8-6-7-9-14(12)20-15-10-11-18(3)16(15)19/h6-9,13,15,17H,4-5,10-11H2,1-3H3. The van der Waals surface area contributed by atoms with Crippen LogP contribution in [-0.4, -0.2) is 37.0 Å². The van der Waals surface area contributed by atoms with Gasteiger partial charge in [0.25, 0.3) is 5.91 Å². The Morgan fingerprint density at radius 1 is 1.40 bits per heavy atom. The number of hydrogen-bond donors (Lipinski definition) is 1. The van der Waals surface area contributed by atoms with Crippen LogP contribution < -0.4 is 10.1 Å². The fourth-order valence-electron chi connectivity index (χ4n) is 2.65. The summed E-state index contributed by atoms with van der Waals surface area (Å²) in [5, 5.41) is 3.46. The summed E-state index contributed by atoms with van der Waals surface area (Å²) in [5.74, 6) is 0.908. The molecule has 1 aromatic rings. The third-order valence-corrected chi connectivity index (χ3v) is 3.80. The molecule has 2 unspecified atom stereocenters. The first-order valence-corrected chi connectivity index (χ1v) is 7.41. The monoisotopic (exact) mass is 276 g/mol. The van der Waals surface area contributed by atoms with Crippen LogP contribution in [-0.2, 0) is 4.79 Å². The van der Waals surface area contributed by atoms with Gasteiger partial charge in [-0.3, -0.25) is 4.79 Å². The lowest BCUT2D eigenvalue weighted by Crippen LogP contribution is -2.30. The number of carbonyl (C=O) groups excluding carboxylic acids is 1. The van der Waals surface area contributed by atoms with Gasteiger partial charge in [-0.1, -0.05) is 32.0 Å². The minimum atomic E-state index is -0.333. The minimum absolute atomic E-state index is 0.0799. The predicted molar refractivity (Wildman–Crippen MR) is 79.8 cm³/mol. The molecule has 0 saturated carbocycles. The molecule has 1 saturated heterocycles. The lowest BCUT2D eigenvalue weighted by molar-refractivity contribution is -0.132. The van der Waals surface area contributed by atoms with Crippen LogP contribution >= 0.6 is 0 Å². The Balaban J connectivity index is 2.17. The highest BCUT2D eigenvalue weighted by atomic mass is 16.5. The Bertz CT molecular complexity index is 462. The second-order valence-corrected chi connectivity index (χ2v) is 5.21. The molecular weight excluding hydrogens is 252 g/mol. The SMILES string of the molecule is CCNC(CC)c1ccccc1OC1CCN(C)C1=O. The molecule has 0 spiro atoms. The Morgan fingerprint density at radius 2 is 2.15 bits per heavy atom. The molecule has 0 radical (unpaired) electrons. The van der Waals surface area contributed by atoms with Gasteiger partial charge >= 0.3 is 0 Å². The van der Waals surface area contributed by atoms with E-state index in [0.717, 1.165) is 37.2 Å². The first-order valence-electron chi connectivity index (χ1n) is 7.41. The number of likely N-dealkylation sites (N-methyl/N-ethyl adjacent to an activating group) is 1. The number of para-hydroxylation sites is 1. The van der Waals surface area contributed by atoms with Crippen LogP contribution in [0, 0.1) is 0 Å². The van der Waals surface area contributed by atoms with E-state index in [1.54, 1.807) is 4.90 Å². The van der Waals surface area contributed by atoms with E-state index in [1.807, 2.05) is 25.2 Å². The molecule has 4 heteroatoms. The van der Waals surface area contributed by atoms with Gasteiger partial charge in [0.15, 0.2) is 6.10 Å². The number of nitrogens with one attached hydrogen (secondary N) is 1. The molecule has 1 N–H and O–H groups in total. The zero-order valence-corrected chi connectivity index (χ0v) is 12.6. The van der Waals surface area contributed by atoms with Gasteiger partial charge in [-0.15, -0.1) is 0 Å². The summed E-state index contributed by atoms with van der Waals surface area (Å²) < 4.78 is 5.99. The van der Waals surface area contributed by atoms with Gasteiger partial charge in [0.05, 0.1) is 0 Å². The van der Waals surface area contributed by atoms with Crippen LogP contribution in [0.1, 0.15) is 38.3 Å². The highest BCUT2D eigenvalue weighted by Crippen LogP contribution is 2.29. The van der Waals surface area contributed by atoms with Crippen molar-refractivity contribution in [2.45, 2.75) is 38.8 Å². The molecule has 1 aliphatic rings. The van der Waals surface area contributed by atoms with Crippen molar-refractivity contribution in [2.24, 2.45) is 0 Å². The van der Waals surface area contributed by atoms with E-state index in [1.165, 1.54) is 0 Å². The van der Waals surface area contributed by atoms with Crippen molar-refractivity contribution in [3.05, 3.63) is 29.8 Å². The predicted octanol–water partition coefficient (Wildman–Crippen LogP) is 2.36. The zero-order chi connectivity index (χ0) is 14.5. The summed E-state index contributed by atoms with van der Waals surface area (Å²) in [5.41, 5.74) is 1.14. The van der Waals surface area contributed by atoms with Crippen LogP contribution in [0.5, 0.6) is 5.75 Å². The molecule has 0 aliphatic carbocycles. The zero-order valence-electron chi connectivity index (χ0n) is 12.6. The lowest BCUT2D eigenvalue weighted by Gasteiger charge is -2.21. The van der Waals surface area contributed by atoms with Gasteiger partial charge in [-0.2, -0.15) is 0 Å². The molecule has 2 atom stereocenters. The molecule has 0 aromatic heterocycles. The molecule has 1 heterocycles. The second kappa shape index (κ2) is 6.75. The van der Waals surface area contributed by atoms with Crippen LogP contribution in [0.2, 0.25) is 0 Å². The molecule has 1 fully saturated rings. The molecule has 1 amide bonds. The van der Waals surface area contributed by atoms with E-state index in [-0.39, 0.29) is 18.1 Å². The fourth-order valence-corrected chi connectivity index (χ4v) is 2.65. The average Bonchev–Trinajstić information content (AvgIpc) is 2.78. The van der Waals surface area contributed by atoms with E-state index in [4.69, 9.17) is 4.74 Å². The van der Waals surface area contributed by atoms with E-state index in [2.05, 4.69) is 25.2 Å². The summed E-state index contributed by atoms with van der Waals surface area (Å²) in [7, 11) is 1.82. The highest BCUT2D eigenvalue weighted by Gasteiger charge is 2.31. The number of carbonyl (C=O) groups is 1. The largest absolute Gasteiger partial charge is 0.480 e. The number of rotatable bonds is 6. The smallest absolute Gasteiger partial charge is 0.263 e. The summed E-state index contributed by atoms with van der Waals surface area (Å²) in [6, 6.07) is 8.28. The van der Waals surface area contributed by atoms with Crippen molar-refractivity contribution in [3.63, 3.8) is 0 Å². The molecule has 2 rings (SSSR count). The summed E-state index contributed by atoms with van der Waals surface area (Å²) in [6.07, 6.45) is 1.43. The molecule has 1 aromatic carbocycles. The Morgan fingerprint density at radius 3 is 2.75 bits per heavy atom. The third-order valence-electron chi connectivity index (χ3n) is 3.80. The van der Waals surface area contributed by atoms with Gasteiger partial charge in [0, 0.05) is 31.6 Å². The van der Waals surface area contributed by atoms with Crippen LogP contribution in [0.15, 0.2) is 24.3 Å². The van der Waals surface area contributed by atoms with Crippen molar-refractivity contribution < 1.29 is 9.53 Å². The molecule has 110 valence electrons. The molecule has 20 heavy (non-hydrogen) atoms. The van der Waals surface area contributed by atoms with Crippen LogP contribution in [0.3, 0.4) is 0 Å². The van der Waals surface area contributed by atoms with Crippen LogP contribution in [0.4, 0.5) is 0 Å². The van der Waals surface area contributed by atoms with Crippen molar-refractivity contribution in [1.29, 1.82) is 0 Å². The summed E-state index contributed by atoms with van der Waals surface area (Å²) in [4.78, 5) is 13.7. The number of nitrogens with zero attached hydrogens (tertiary/aromatic N) is 1. The number of ether oxygens (including phenoxy) is 1. The molecule has 4 nitrogen and oxygen atoms in total. The van der Waals surface area contributed by atoms with Gasteiger partial charge in [0.2, 0.25) is 0 Å². The lowest BCUT2D eigenvalue weighted by atomic mass is 10.0. The number of amides is 1. The maximum absolute atomic E-state index is 12.0. The Labute approximate surface area is 121 Å². The second-order valence-electron chi connectivity index (χ2n) is 5.21. The number of likely N-dealkylation sites (tertiary alicyclic amines) is 1. The maximum Gasteiger partial charge on any atom is 0.263 e. The van der Waals surface area contributed by atoms with Crippen molar-refractivity contribution >= 4 is 5.91 Å². The van der Waals surface area contributed by atoms with Crippen molar-refractivity contribution in [1.82, 2.24) is 10.2 Å². The average molecular weight is 276 g/mol. The number of benzene rings is 1. The van der Waals surface area contributed by atoms with E-state index in [0.29, 0.717) is 0 Å². The highest BCUT2D eigenvalue weighted by molar-refractivity contribution is 5.83. The van der Waals surface area contributed by atoms with E-state index >= 15 is 0 Å². The molecule has 1 aliphatic heterocycles. The molecule has 0 bridgehead atoms. The Kier molecular flexibility index (Phi) is 5.01. The summed E-state index contributed by atoms with van der Waals surface area (Å²) >= 11 is 0. The Hall–Kier alpha value is -1.55. The van der Waals surface area contributed by atoms with Crippen molar-refractivity contribution in [3.8, 4) is 5.75 Å². The quantitative estimate of drug-likeness (QED) is 0.867. The van der Waals surface area contributed by atoms with E-state index < -0.39 is 0 Å². The van der Waals surface area contributed by atoms with Crippen molar-refractivity contribution in [2.75, 3.05) is 20.1 Å². The van der Waals surface area contributed by atoms with Gasteiger partial charge in [-0.05, 0) is 19.0 Å². The van der Waals surface area contributed by atoms with E-state index in [9.17, 15) is 4.79 Å². The molecular formula is C16H24N2O2. The normalized spacial score (nSPS) is 20.2. The first-order chi connectivity index (χ1) is 9.67. The third kappa shape index (κ3) is 3.12. The maximum atomic E-state index is 12.0. The first kappa shape index (κ1) is 14.9. The summed E-state index contributed by atoms with van der Waals surface area (Å²) in [6.45, 7) is 5.94. The number of hydrogen-bond acceptors (Lipinski definition) is 3. The van der Waals surface area contributed by atoms with Gasteiger partial charge < -0.3 is 15.0 Å².